The van der Waals surface area contributed by atoms with Crippen molar-refractivity contribution < 1.29 is 4.52 Å². The van der Waals surface area contributed by atoms with Crippen molar-refractivity contribution in [1.82, 2.24) is 15.5 Å². The Morgan fingerprint density at radius 2 is 2.00 bits per heavy atom. The van der Waals surface area contributed by atoms with E-state index < -0.39 is 0 Å². The molecule has 102 valence electrons. The van der Waals surface area contributed by atoms with Crippen molar-refractivity contribution in [3.63, 3.8) is 0 Å². The van der Waals surface area contributed by atoms with Gasteiger partial charge in [-0.05, 0) is 19.0 Å². The van der Waals surface area contributed by atoms with E-state index >= 15 is 0 Å². The van der Waals surface area contributed by atoms with Crippen LogP contribution in [-0.2, 0) is 6.42 Å². The predicted molar refractivity (Wildman–Crippen MR) is 75.1 cm³/mol. The standard InChI is InChI=1S/C15H21N3O/c1-4-13(16-3)11(2)15-17-14(18-19-15)10-12-8-6-5-7-9-12/h5-9,11,13,16H,4,10H2,1-3H3. The van der Waals surface area contributed by atoms with Crippen molar-refractivity contribution in [2.45, 2.75) is 38.6 Å². The molecule has 0 aliphatic heterocycles. The Morgan fingerprint density at radius 1 is 1.26 bits per heavy atom. The van der Waals surface area contributed by atoms with Gasteiger partial charge in [-0.15, -0.1) is 0 Å². The Balaban J connectivity index is 2.06. The fourth-order valence-electron chi connectivity index (χ4n) is 2.28. The van der Waals surface area contributed by atoms with E-state index in [1.807, 2.05) is 25.2 Å². The summed E-state index contributed by atoms with van der Waals surface area (Å²) in [7, 11) is 1.96. The highest BCUT2D eigenvalue weighted by Gasteiger charge is 2.21. The van der Waals surface area contributed by atoms with Gasteiger partial charge in [0.15, 0.2) is 5.82 Å². The molecular formula is C15H21N3O. The highest BCUT2D eigenvalue weighted by atomic mass is 16.5. The van der Waals surface area contributed by atoms with E-state index in [9.17, 15) is 0 Å². The molecule has 0 aliphatic carbocycles. The Kier molecular flexibility index (Phi) is 4.68. The zero-order chi connectivity index (χ0) is 13.7. The van der Waals surface area contributed by atoms with Gasteiger partial charge < -0.3 is 9.84 Å². The van der Waals surface area contributed by atoms with E-state index in [-0.39, 0.29) is 5.92 Å². The highest BCUT2D eigenvalue weighted by Crippen LogP contribution is 2.19. The second-order valence-corrected chi connectivity index (χ2v) is 4.80. The molecule has 4 nitrogen and oxygen atoms in total. The van der Waals surface area contributed by atoms with Gasteiger partial charge in [0, 0.05) is 12.5 Å². The predicted octanol–water partition coefficient (Wildman–Crippen LogP) is 2.76. The molecule has 0 aliphatic rings. The lowest BCUT2D eigenvalue weighted by molar-refractivity contribution is 0.324. The third kappa shape index (κ3) is 3.41. The fraction of sp³-hybridized carbons (Fsp3) is 0.467. The molecule has 2 rings (SSSR count). The van der Waals surface area contributed by atoms with Crippen LogP contribution in [0, 0.1) is 0 Å². The zero-order valence-corrected chi connectivity index (χ0v) is 11.8. The van der Waals surface area contributed by atoms with Crippen molar-refractivity contribution in [3.8, 4) is 0 Å². The largest absolute Gasteiger partial charge is 0.339 e. The average molecular weight is 259 g/mol. The molecule has 0 bridgehead atoms. The molecule has 19 heavy (non-hydrogen) atoms. The maximum absolute atomic E-state index is 5.38. The monoisotopic (exact) mass is 259 g/mol. The summed E-state index contributed by atoms with van der Waals surface area (Å²) < 4.78 is 5.38. The first-order chi connectivity index (χ1) is 9.24. The molecule has 0 fully saturated rings. The third-order valence-electron chi connectivity index (χ3n) is 3.49. The van der Waals surface area contributed by atoms with E-state index in [1.54, 1.807) is 0 Å². The molecule has 1 heterocycles. The lowest BCUT2D eigenvalue weighted by atomic mass is 10.00. The molecule has 2 unspecified atom stereocenters. The summed E-state index contributed by atoms with van der Waals surface area (Å²) in [6, 6.07) is 10.6. The quantitative estimate of drug-likeness (QED) is 0.866. The number of likely N-dealkylation sites (N-methyl/N-ethyl adjacent to an activating group) is 1. The summed E-state index contributed by atoms with van der Waals surface area (Å²) in [4.78, 5) is 4.50. The molecule has 0 saturated carbocycles. The van der Waals surface area contributed by atoms with Crippen molar-refractivity contribution in [3.05, 3.63) is 47.6 Å². The van der Waals surface area contributed by atoms with Gasteiger partial charge >= 0.3 is 0 Å². The zero-order valence-electron chi connectivity index (χ0n) is 11.8. The third-order valence-corrected chi connectivity index (χ3v) is 3.49. The number of aromatic nitrogens is 2. The number of hydrogen-bond donors (Lipinski definition) is 1. The van der Waals surface area contributed by atoms with Crippen LogP contribution in [0.3, 0.4) is 0 Å². The SMILES string of the molecule is CCC(NC)C(C)c1nc(Cc2ccccc2)no1. The van der Waals surface area contributed by atoms with Gasteiger partial charge in [-0.2, -0.15) is 4.98 Å². The van der Waals surface area contributed by atoms with Crippen molar-refractivity contribution >= 4 is 0 Å². The van der Waals surface area contributed by atoms with Gasteiger partial charge in [0.25, 0.3) is 0 Å². The Bertz CT molecular complexity index is 491. The summed E-state index contributed by atoms with van der Waals surface area (Å²) in [5.74, 6) is 1.69. The topological polar surface area (TPSA) is 51.0 Å². The first-order valence-electron chi connectivity index (χ1n) is 6.78. The van der Waals surface area contributed by atoms with Crippen LogP contribution in [0.25, 0.3) is 0 Å². The molecule has 2 atom stereocenters. The molecule has 4 heteroatoms. The van der Waals surface area contributed by atoms with Crippen molar-refractivity contribution in [2.24, 2.45) is 0 Å². The molecule has 0 saturated heterocycles. The Hall–Kier alpha value is -1.68. The fourth-order valence-corrected chi connectivity index (χ4v) is 2.28. The van der Waals surface area contributed by atoms with Gasteiger partial charge in [0.05, 0.1) is 5.92 Å². The van der Waals surface area contributed by atoms with Crippen LogP contribution in [0.4, 0.5) is 0 Å². The minimum atomic E-state index is 0.229. The number of hydrogen-bond acceptors (Lipinski definition) is 4. The number of rotatable bonds is 6. The second-order valence-electron chi connectivity index (χ2n) is 4.80. The Morgan fingerprint density at radius 3 is 2.63 bits per heavy atom. The molecule has 0 spiro atoms. The van der Waals surface area contributed by atoms with Crippen molar-refractivity contribution in [2.75, 3.05) is 7.05 Å². The van der Waals surface area contributed by atoms with Crippen LogP contribution >= 0.6 is 0 Å². The van der Waals surface area contributed by atoms with E-state index in [4.69, 9.17) is 4.52 Å². The van der Waals surface area contributed by atoms with Gasteiger partial charge in [0.2, 0.25) is 5.89 Å². The van der Waals surface area contributed by atoms with Crippen LogP contribution in [0.5, 0.6) is 0 Å². The Labute approximate surface area is 114 Å². The molecular weight excluding hydrogens is 238 g/mol. The smallest absolute Gasteiger partial charge is 0.231 e. The van der Waals surface area contributed by atoms with Crippen LogP contribution in [0.2, 0.25) is 0 Å². The average Bonchev–Trinajstić information content (AvgIpc) is 2.89. The molecule has 0 amide bonds. The summed E-state index contributed by atoms with van der Waals surface area (Å²) in [6.45, 7) is 4.27. The summed E-state index contributed by atoms with van der Waals surface area (Å²) in [5.41, 5.74) is 1.20. The lowest BCUT2D eigenvalue weighted by Gasteiger charge is -2.18. The minimum absolute atomic E-state index is 0.229. The number of benzene rings is 1. The molecule has 2 aromatic rings. The molecule has 0 radical (unpaired) electrons. The second kappa shape index (κ2) is 6.48. The first kappa shape index (κ1) is 13.7. The van der Waals surface area contributed by atoms with E-state index in [2.05, 4.69) is 41.4 Å². The summed E-state index contributed by atoms with van der Waals surface area (Å²) >= 11 is 0. The van der Waals surface area contributed by atoms with E-state index in [0.29, 0.717) is 18.4 Å². The van der Waals surface area contributed by atoms with E-state index in [1.165, 1.54) is 5.56 Å². The minimum Gasteiger partial charge on any atom is -0.339 e. The lowest BCUT2D eigenvalue weighted by Crippen LogP contribution is -2.30. The van der Waals surface area contributed by atoms with Gasteiger partial charge in [0.1, 0.15) is 0 Å². The van der Waals surface area contributed by atoms with Crippen LogP contribution < -0.4 is 5.32 Å². The van der Waals surface area contributed by atoms with Crippen LogP contribution in [0.1, 0.15) is 43.5 Å². The van der Waals surface area contributed by atoms with E-state index in [0.717, 1.165) is 12.2 Å². The molecule has 1 N–H and O–H groups in total. The summed E-state index contributed by atoms with van der Waals surface area (Å²) in [5, 5.41) is 7.35. The maximum atomic E-state index is 5.38. The summed E-state index contributed by atoms with van der Waals surface area (Å²) in [6.07, 6.45) is 1.75. The molecule has 1 aromatic heterocycles. The highest BCUT2D eigenvalue weighted by molar-refractivity contribution is 5.18. The number of nitrogens with zero attached hydrogens (tertiary/aromatic N) is 2. The molecule has 1 aromatic carbocycles. The van der Waals surface area contributed by atoms with Gasteiger partial charge in [-0.3, -0.25) is 0 Å². The first-order valence-corrected chi connectivity index (χ1v) is 6.78. The van der Waals surface area contributed by atoms with Crippen LogP contribution in [0.15, 0.2) is 34.9 Å². The maximum Gasteiger partial charge on any atom is 0.231 e. The normalized spacial score (nSPS) is 14.3. The van der Waals surface area contributed by atoms with Crippen LogP contribution in [-0.4, -0.2) is 23.2 Å². The van der Waals surface area contributed by atoms with Crippen molar-refractivity contribution in [1.29, 1.82) is 0 Å². The van der Waals surface area contributed by atoms with Gasteiger partial charge in [-0.1, -0.05) is 49.3 Å². The van der Waals surface area contributed by atoms with Gasteiger partial charge in [-0.25, -0.2) is 0 Å². The number of nitrogens with one attached hydrogen (secondary N) is 1.